The van der Waals surface area contributed by atoms with E-state index in [9.17, 15) is 4.79 Å². The molecule has 0 aromatic heterocycles. The Labute approximate surface area is 129 Å². The molecule has 0 radical (unpaired) electrons. The number of amides is 1. The smallest absolute Gasteiger partial charge is 0.246 e. The molecular formula is C15H18Cl2N2O. The topological polar surface area (TPSA) is 23.6 Å². The monoisotopic (exact) mass is 312 g/mol. The zero-order valence-electron chi connectivity index (χ0n) is 11.5. The van der Waals surface area contributed by atoms with Gasteiger partial charge in [0.1, 0.15) is 0 Å². The first-order valence-corrected chi connectivity index (χ1v) is 7.50. The van der Waals surface area contributed by atoms with Gasteiger partial charge in [0.25, 0.3) is 0 Å². The van der Waals surface area contributed by atoms with Gasteiger partial charge in [-0.25, -0.2) is 0 Å². The van der Waals surface area contributed by atoms with Crippen LogP contribution in [0, 0.1) is 0 Å². The van der Waals surface area contributed by atoms with Crippen molar-refractivity contribution < 1.29 is 4.79 Å². The van der Waals surface area contributed by atoms with Crippen molar-refractivity contribution in [2.24, 2.45) is 0 Å². The van der Waals surface area contributed by atoms with E-state index in [2.05, 4.69) is 11.8 Å². The molecule has 0 bridgehead atoms. The Morgan fingerprint density at radius 3 is 2.50 bits per heavy atom. The number of nitrogens with zero attached hydrogens (tertiary/aromatic N) is 2. The highest BCUT2D eigenvalue weighted by Gasteiger charge is 2.18. The molecule has 0 aliphatic carbocycles. The van der Waals surface area contributed by atoms with Gasteiger partial charge in [-0.3, -0.25) is 4.79 Å². The summed E-state index contributed by atoms with van der Waals surface area (Å²) in [5.41, 5.74) is 0.875. The zero-order valence-corrected chi connectivity index (χ0v) is 13.0. The summed E-state index contributed by atoms with van der Waals surface area (Å²) in [5.74, 6) is 0.0480. The predicted molar refractivity (Wildman–Crippen MR) is 84.2 cm³/mol. The lowest BCUT2D eigenvalue weighted by atomic mass is 10.2. The van der Waals surface area contributed by atoms with Crippen LogP contribution in [0.4, 0.5) is 0 Å². The molecule has 5 heteroatoms. The van der Waals surface area contributed by atoms with E-state index in [1.165, 1.54) is 0 Å². The van der Waals surface area contributed by atoms with E-state index in [-0.39, 0.29) is 5.91 Å². The van der Waals surface area contributed by atoms with Gasteiger partial charge in [0.15, 0.2) is 0 Å². The van der Waals surface area contributed by atoms with Crippen molar-refractivity contribution in [1.82, 2.24) is 9.80 Å². The third-order valence-corrected chi connectivity index (χ3v) is 4.23. The average molecular weight is 313 g/mol. The van der Waals surface area contributed by atoms with E-state index in [1.807, 2.05) is 11.0 Å². The van der Waals surface area contributed by atoms with Gasteiger partial charge in [-0.05, 0) is 30.3 Å². The van der Waals surface area contributed by atoms with Gasteiger partial charge in [-0.2, -0.15) is 0 Å². The summed E-state index contributed by atoms with van der Waals surface area (Å²) in [6, 6.07) is 5.32. The maximum absolute atomic E-state index is 12.1. The van der Waals surface area contributed by atoms with Crippen LogP contribution in [0.3, 0.4) is 0 Å². The second kappa shape index (κ2) is 7.11. The molecule has 1 aromatic rings. The van der Waals surface area contributed by atoms with E-state index in [1.54, 1.807) is 24.3 Å². The fourth-order valence-corrected chi connectivity index (χ4v) is 2.48. The first kappa shape index (κ1) is 15.4. The number of rotatable bonds is 3. The minimum Gasteiger partial charge on any atom is -0.337 e. The van der Waals surface area contributed by atoms with Crippen LogP contribution < -0.4 is 0 Å². The van der Waals surface area contributed by atoms with Crippen LogP contribution in [-0.4, -0.2) is 48.4 Å². The van der Waals surface area contributed by atoms with Gasteiger partial charge in [0.2, 0.25) is 5.91 Å². The Kier molecular flexibility index (Phi) is 5.46. The minimum absolute atomic E-state index is 0.0480. The van der Waals surface area contributed by atoms with Gasteiger partial charge in [-0.15, -0.1) is 0 Å². The second-order valence-corrected chi connectivity index (χ2v) is 5.58. The van der Waals surface area contributed by atoms with Crippen LogP contribution in [0.25, 0.3) is 6.08 Å². The number of piperazine rings is 1. The van der Waals surface area contributed by atoms with Gasteiger partial charge >= 0.3 is 0 Å². The summed E-state index contributed by atoms with van der Waals surface area (Å²) in [6.07, 6.45) is 3.37. The van der Waals surface area contributed by atoms with E-state index >= 15 is 0 Å². The molecule has 0 spiro atoms. The maximum Gasteiger partial charge on any atom is 0.246 e. The molecule has 3 nitrogen and oxygen atoms in total. The Hall–Kier alpha value is -1.03. The molecule has 108 valence electrons. The molecule has 0 unspecified atom stereocenters. The van der Waals surface area contributed by atoms with Gasteiger partial charge < -0.3 is 9.80 Å². The number of carbonyl (C=O) groups is 1. The Morgan fingerprint density at radius 2 is 1.90 bits per heavy atom. The van der Waals surface area contributed by atoms with E-state index in [0.717, 1.165) is 38.3 Å². The third kappa shape index (κ3) is 3.98. The van der Waals surface area contributed by atoms with Gasteiger partial charge in [-0.1, -0.05) is 36.2 Å². The first-order chi connectivity index (χ1) is 9.60. The van der Waals surface area contributed by atoms with Crippen LogP contribution in [0.5, 0.6) is 0 Å². The second-order valence-electron chi connectivity index (χ2n) is 4.77. The summed E-state index contributed by atoms with van der Waals surface area (Å²) in [4.78, 5) is 16.3. The van der Waals surface area contributed by atoms with Crippen LogP contribution in [0.15, 0.2) is 24.3 Å². The highest BCUT2D eigenvalue weighted by Crippen LogP contribution is 2.23. The van der Waals surface area contributed by atoms with Crippen molar-refractivity contribution in [3.8, 4) is 0 Å². The number of carbonyl (C=O) groups excluding carboxylic acids is 1. The molecule has 0 N–H and O–H groups in total. The molecule has 1 aliphatic heterocycles. The SMILES string of the molecule is CCN1CCN(C(=O)C=Cc2ccc(Cl)c(Cl)c2)CC1. The molecule has 1 aliphatic rings. The van der Waals surface area contributed by atoms with Crippen molar-refractivity contribution in [2.45, 2.75) is 6.92 Å². The lowest BCUT2D eigenvalue weighted by molar-refractivity contribution is -0.127. The summed E-state index contributed by atoms with van der Waals surface area (Å²) in [5, 5.41) is 1.02. The number of likely N-dealkylation sites (N-methyl/N-ethyl adjacent to an activating group) is 1. The summed E-state index contributed by atoms with van der Waals surface area (Å²) < 4.78 is 0. The molecule has 0 atom stereocenters. The van der Waals surface area contributed by atoms with Crippen LogP contribution in [0.2, 0.25) is 10.0 Å². The zero-order chi connectivity index (χ0) is 14.5. The molecular weight excluding hydrogens is 295 g/mol. The molecule has 1 aromatic carbocycles. The number of benzene rings is 1. The molecule has 1 amide bonds. The molecule has 1 fully saturated rings. The molecule has 1 heterocycles. The predicted octanol–water partition coefficient (Wildman–Crippen LogP) is 3.17. The van der Waals surface area contributed by atoms with Crippen molar-refractivity contribution in [1.29, 1.82) is 0 Å². The normalized spacial score (nSPS) is 16.9. The Balaban J connectivity index is 1.94. The maximum atomic E-state index is 12.1. The van der Waals surface area contributed by atoms with Crippen LogP contribution in [0.1, 0.15) is 12.5 Å². The molecule has 20 heavy (non-hydrogen) atoms. The Bertz CT molecular complexity index is 509. The van der Waals surface area contributed by atoms with Crippen molar-refractivity contribution in [3.63, 3.8) is 0 Å². The first-order valence-electron chi connectivity index (χ1n) is 6.74. The summed E-state index contributed by atoms with van der Waals surface area (Å²) >= 11 is 11.8. The average Bonchev–Trinajstić information content (AvgIpc) is 2.48. The molecule has 0 saturated carbocycles. The third-order valence-electron chi connectivity index (χ3n) is 3.49. The fourth-order valence-electron chi connectivity index (χ4n) is 2.17. The van der Waals surface area contributed by atoms with Crippen LogP contribution >= 0.6 is 23.2 Å². The molecule has 1 saturated heterocycles. The van der Waals surface area contributed by atoms with E-state index < -0.39 is 0 Å². The standard InChI is InChI=1S/C15H18Cl2N2O/c1-2-18-7-9-19(10-8-18)15(20)6-4-12-3-5-13(16)14(17)11-12/h3-6,11H,2,7-10H2,1H3. The van der Waals surface area contributed by atoms with Gasteiger partial charge in [0.05, 0.1) is 10.0 Å². The number of hydrogen-bond donors (Lipinski definition) is 0. The highest BCUT2D eigenvalue weighted by molar-refractivity contribution is 6.42. The minimum atomic E-state index is 0.0480. The van der Waals surface area contributed by atoms with Crippen molar-refractivity contribution in [3.05, 3.63) is 39.9 Å². The fraction of sp³-hybridized carbons (Fsp3) is 0.400. The summed E-state index contributed by atoms with van der Waals surface area (Å²) in [6.45, 7) is 6.66. The quantitative estimate of drug-likeness (QED) is 0.800. The van der Waals surface area contributed by atoms with Crippen molar-refractivity contribution >= 4 is 35.2 Å². The molecule has 2 rings (SSSR count). The van der Waals surface area contributed by atoms with Crippen LogP contribution in [-0.2, 0) is 4.79 Å². The summed E-state index contributed by atoms with van der Waals surface area (Å²) in [7, 11) is 0. The highest BCUT2D eigenvalue weighted by atomic mass is 35.5. The Morgan fingerprint density at radius 1 is 1.20 bits per heavy atom. The lowest BCUT2D eigenvalue weighted by Gasteiger charge is -2.33. The number of halogens is 2. The van der Waals surface area contributed by atoms with E-state index in [0.29, 0.717) is 10.0 Å². The largest absolute Gasteiger partial charge is 0.337 e. The van der Waals surface area contributed by atoms with Gasteiger partial charge in [0, 0.05) is 32.3 Å². The van der Waals surface area contributed by atoms with Crippen molar-refractivity contribution in [2.75, 3.05) is 32.7 Å². The number of hydrogen-bond acceptors (Lipinski definition) is 2. The lowest BCUT2D eigenvalue weighted by Crippen LogP contribution is -2.48. The van der Waals surface area contributed by atoms with E-state index in [4.69, 9.17) is 23.2 Å².